The van der Waals surface area contributed by atoms with Gasteiger partial charge in [0.25, 0.3) is 0 Å². The lowest BCUT2D eigenvalue weighted by atomic mass is 10.4. The maximum absolute atomic E-state index is 10.8. The normalized spacial score (nSPS) is 16.4. The summed E-state index contributed by atoms with van der Waals surface area (Å²) in [5.41, 5.74) is 0. The van der Waals surface area contributed by atoms with Gasteiger partial charge in [-0.1, -0.05) is 21.6 Å². The number of carbonyl (C=O) groups excluding carboxylic acids is 1. The molecule has 5 heteroatoms. The topological polar surface area (TPSA) is 46.5 Å². The lowest BCUT2D eigenvalue weighted by Gasteiger charge is -2.07. The van der Waals surface area contributed by atoms with E-state index < -0.39 is 0 Å². The highest BCUT2D eigenvalue weighted by Crippen LogP contribution is 2.40. The summed E-state index contributed by atoms with van der Waals surface area (Å²) in [7, 11) is 4.33. The summed E-state index contributed by atoms with van der Waals surface area (Å²) < 4.78 is 4.46. The predicted molar refractivity (Wildman–Crippen MR) is 59.6 cm³/mol. The standard InChI is InChI=1S/C9H10O3S2/c1-12-9(11)5-4-7-2-3-8(6-10)14-13-7/h2-5,10H,6H2,1H3. The Morgan fingerprint density at radius 2 is 2.36 bits per heavy atom. The summed E-state index contributed by atoms with van der Waals surface area (Å²) in [5.74, 6) is -0.367. The molecule has 0 saturated heterocycles. The molecule has 14 heavy (non-hydrogen) atoms. The molecule has 0 bridgehead atoms. The van der Waals surface area contributed by atoms with Crippen LogP contribution in [-0.4, -0.2) is 24.8 Å². The average molecular weight is 230 g/mol. The van der Waals surface area contributed by atoms with E-state index in [1.54, 1.807) is 6.08 Å². The second-order valence-electron chi connectivity index (χ2n) is 2.38. The van der Waals surface area contributed by atoms with E-state index in [9.17, 15) is 4.79 Å². The van der Waals surface area contributed by atoms with Gasteiger partial charge < -0.3 is 9.84 Å². The molecule has 0 spiro atoms. The van der Waals surface area contributed by atoms with Crippen LogP contribution in [0.15, 0.2) is 34.1 Å². The van der Waals surface area contributed by atoms with Crippen LogP contribution in [-0.2, 0) is 9.53 Å². The van der Waals surface area contributed by atoms with Crippen LogP contribution in [0.1, 0.15) is 0 Å². The summed E-state index contributed by atoms with van der Waals surface area (Å²) in [4.78, 5) is 12.6. The van der Waals surface area contributed by atoms with Gasteiger partial charge in [-0.25, -0.2) is 4.79 Å². The zero-order chi connectivity index (χ0) is 10.4. The maximum Gasteiger partial charge on any atom is 0.330 e. The Bertz CT molecular complexity index is 305. The van der Waals surface area contributed by atoms with Gasteiger partial charge in [0.15, 0.2) is 0 Å². The molecule has 1 rings (SSSR count). The first-order valence-electron chi connectivity index (χ1n) is 3.88. The lowest BCUT2D eigenvalue weighted by Crippen LogP contribution is -1.93. The third-order valence-corrected chi connectivity index (χ3v) is 3.92. The number of ether oxygens (including phenoxy) is 1. The molecule has 1 N–H and O–H groups in total. The van der Waals surface area contributed by atoms with E-state index in [1.807, 2.05) is 12.2 Å². The monoisotopic (exact) mass is 230 g/mol. The molecule has 0 saturated carbocycles. The highest BCUT2D eigenvalue weighted by atomic mass is 33.1. The van der Waals surface area contributed by atoms with E-state index in [-0.39, 0.29) is 12.6 Å². The average Bonchev–Trinajstić information content (AvgIpc) is 2.26. The van der Waals surface area contributed by atoms with E-state index in [0.29, 0.717) is 0 Å². The van der Waals surface area contributed by atoms with Gasteiger partial charge in [0.1, 0.15) is 0 Å². The Balaban J connectivity index is 2.56. The van der Waals surface area contributed by atoms with Crippen LogP contribution in [0, 0.1) is 0 Å². The van der Waals surface area contributed by atoms with Crippen molar-refractivity contribution < 1.29 is 14.6 Å². The fraction of sp³-hybridized carbons (Fsp3) is 0.222. The molecule has 0 aromatic carbocycles. The quantitative estimate of drug-likeness (QED) is 0.455. The van der Waals surface area contributed by atoms with Crippen molar-refractivity contribution in [1.82, 2.24) is 0 Å². The highest BCUT2D eigenvalue weighted by Gasteiger charge is 2.05. The third-order valence-electron chi connectivity index (χ3n) is 1.42. The zero-order valence-corrected chi connectivity index (χ0v) is 9.23. The van der Waals surface area contributed by atoms with Crippen molar-refractivity contribution in [2.24, 2.45) is 0 Å². The minimum absolute atomic E-state index is 0.0577. The Morgan fingerprint density at radius 1 is 1.57 bits per heavy atom. The van der Waals surface area contributed by atoms with Gasteiger partial charge in [0.05, 0.1) is 13.7 Å². The van der Waals surface area contributed by atoms with Crippen LogP contribution in [0.3, 0.4) is 0 Å². The summed E-state index contributed by atoms with van der Waals surface area (Å²) in [6.45, 7) is 0.0577. The van der Waals surface area contributed by atoms with Crippen LogP contribution >= 0.6 is 21.6 Å². The largest absolute Gasteiger partial charge is 0.466 e. The van der Waals surface area contributed by atoms with Crippen molar-refractivity contribution >= 4 is 27.6 Å². The predicted octanol–water partition coefficient (Wildman–Crippen LogP) is 1.87. The Kier molecular flexibility index (Phi) is 4.86. The van der Waals surface area contributed by atoms with Gasteiger partial charge in [-0.05, 0) is 18.2 Å². The fourth-order valence-corrected chi connectivity index (χ4v) is 2.61. The number of hydrogen-bond acceptors (Lipinski definition) is 5. The maximum atomic E-state index is 10.8. The molecule has 1 heterocycles. The van der Waals surface area contributed by atoms with Gasteiger partial charge >= 0.3 is 5.97 Å². The lowest BCUT2D eigenvalue weighted by molar-refractivity contribution is -0.134. The number of aliphatic hydroxyl groups excluding tert-OH is 1. The number of rotatable bonds is 3. The van der Waals surface area contributed by atoms with Crippen LogP contribution in [0.5, 0.6) is 0 Å². The van der Waals surface area contributed by atoms with Gasteiger partial charge in [-0.15, -0.1) is 0 Å². The molecule has 0 amide bonds. The van der Waals surface area contributed by atoms with Crippen molar-refractivity contribution in [2.75, 3.05) is 13.7 Å². The molecule has 0 atom stereocenters. The van der Waals surface area contributed by atoms with Crippen LogP contribution in [0.2, 0.25) is 0 Å². The first kappa shape index (κ1) is 11.4. The molecular weight excluding hydrogens is 220 g/mol. The van der Waals surface area contributed by atoms with E-state index in [4.69, 9.17) is 5.11 Å². The van der Waals surface area contributed by atoms with Crippen LogP contribution in [0.4, 0.5) is 0 Å². The molecule has 1 aliphatic rings. The molecule has 3 nitrogen and oxygen atoms in total. The molecule has 0 fully saturated rings. The summed E-state index contributed by atoms with van der Waals surface area (Å²) in [6, 6.07) is 0. The number of methoxy groups -OCH3 is 1. The molecular formula is C9H10O3S2. The van der Waals surface area contributed by atoms with E-state index in [0.717, 1.165) is 9.81 Å². The second kappa shape index (κ2) is 5.95. The molecule has 0 aromatic rings. The molecule has 0 aromatic heterocycles. The van der Waals surface area contributed by atoms with Crippen molar-refractivity contribution in [1.29, 1.82) is 0 Å². The number of aliphatic hydroxyl groups is 1. The van der Waals surface area contributed by atoms with E-state index in [2.05, 4.69) is 4.74 Å². The van der Waals surface area contributed by atoms with Crippen molar-refractivity contribution in [2.45, 2.75) is 0 Å². The first-order chi connectivity index (χ1) is 6.76. The van der Waals surface area contributed by atoms with Gasteiger partial charge in [0, 0.05) is 15.9 Å². The summed E-state index contributed by atoms with van der Waals surface area (Å²) in [6.07, 6.45) is 6.75. The summed E-state index contributed by atoms with van der Waals surface area (Å²) in [5, 5.41) is 8.81. The smallest absolute Gasteiger partial charge is 0.330 e. The van der Waals surface area contributed by atoms with Gasteiger partial charge in [-0.2, -0.15) is 0 Å². The van der Waals surface area contributed by atoms with Crippen molar-refractivity contribution in [3.63, 3.8) is 0 Å². The van der Waals surface area contributed by atoms with E-state index in [1.165, 1.54) is 34.8 Å². The van der Waals surface area contributed by atoms with E-state index >= 15 is 0 Å². The highest BCUT2D eigenvalue weighted by molar-refractivity contribution is 8.79. The second-order valence-corrected chi connectivity index (χ2v) is 4.71. The SMILES string of the molecule is COC(=O)C=CC1=CC=C(CO)SS1. The minimum atomic E-state index is -0.367. The molecule has 0 unspecified atom stereocenters. The first-order valence-corrected chi connectivity index (χ1v) is 6.03. The van der Waals surface area contributed by atoms with Crippen LogP contribution < -0.4 is 0 Å². The number of esters is 1. The zero-order valence-electron chi connectivity index (χ0n) is 7.60. The molecule has 1 aliphatic heterocycles. The number of carbonyl (C=O) groups is 1. The van der Waals surface area contributed by atoms with Crippen molar-refractivity contribution in [3.05, 3.63) is 34.1 Å². The fourth-order valence-electron chi connectivity index (χ4n) is 0.713. The Labute approximate surface area is 90.3 Å². The summed E-state index contributed by atoms with van der Waals surface area (Å²) >= 11 is 0. The van der Waals surface area contributed by atoms with Crippen LogP contribution in [0.25, 0.3) is 0 Å². The number of hydrogen-bond donors (Lipinski definition) is 1. The van der Waals surface area contributed by atoms with Gasteiger partial charge in [-0.3, -0.25) is 0 Å². The Morgan fingerprint density at radius 3 is 2.86 bits per heavy atom. The molecule has 0 aliphatic carbocycles. The van der Waals surface area contributed by atoms with Gasteiger partial charge in [0.2, 0.25) is 0 Å². The number of allylic oxidation sites excluding steroid dienone is 3. The minimum Gasteiger partial charge on any atom is -0.466 e. The molecule has 0 radical (unpaired) electrons. The van der Waals surface area contributed by atoms with Crippen molar-refractivity contribution in [3.8, 4) is 0 Å². The molecule has 76 valence electrons. The third kappa shape index (κ3) is 3.61. The Hall–Kier alpha value is -0.650.